The second-order valence-corrected chi connectivity index (χ2v) is 7.15. The summed E-state index contributed by atoms with van der Waals surface area (Å²) in [5, 5.41) is 3.46. The van der Waals surface area contributed by atoms with Gasteiger partial charge in [0.1, 0.15) is 18.1 Å². The number of hydrogen-bond donors (Lipinski definition) is 1. The molecular weight excluding hydrogens is 388 g/mol. The number of ether oxygens (including phenoxy) is 3. The fourth-order valence-electron chi connectivity index (χ4n) is 3.23. The molecule has 3 aromatic carbocycles. The molecule has 0 heterocycles. The lowest BCUT2D eigenvalue weighted by Crippen LogP contribution is -2.27. The molecule has 0 aliphatic heterocycles. The van der Waals surface area contributed by atoms with Gasteiger partial charge in [0.2, 0.25) is 0 Å². The van der Waals surface area contributed by atoms with Gasteiger partial charge in [0.15, 0.2) is 11.5 Å². The summed E-state index contributed by atoms with van der Waals surface area (Å²) in [6.07, 6.45) is 0. The summed E-state index contributed by atoms with van der Waals surface area (Å²) in [5.41, 5.74) is 2.16. The number of methoxy groups -OCH3 is 1. The molecule has 0 bridgehead atoms. The Kier molecular flexibility index (Phi) is 8.61. The summed E-state index contributed by atoms with van der Waals surface area (Å²) < 4.78 is 17.3. The van der Waals surface area contributed by atoms with Gasteiger partial charge < -0.3 is 24.4 Å². The Balaban J connectivity index is 1.55. The van der Waals surface area contributed by atoms with Gasteiger partial charge in [-0.1, -0.05) is 44.2 Å². The second kappa shape index (κ2) is 11.9. The molecule has 164 valence electrons. The molecule has 1 N–H and O–H groups in total. The minimum atomic E-state index is 0.629. The molecule has 5 nitrogen and oxygen atoms in total. The molecule has 0 radical (unpaired) electrons. The van der Waals surface area contributed by atoms with Crippen LogP contribution >= 0.6 is 0 Å². The lowest BCUT2D eigenvalue weighted by atomic mass is 10.2. The van der Waals surface area contributed by atoms with E-state index in [1.165, 1.54) is 5.56 Å². The molecule has 0 saturated carbocycles. The van der Waals surface area contributed by atoms with Crippen LogP contribution in [0.1, 0.15) is 19.4 Å². The molecule has 3 aromatic rings. The van der Waals surface area contributed by atoms with Crippen LogP contribution in [0.3, 0.4) is 0 Å². The van der Waals surface area contributed by atoms with E-state index < -0.39 is 0 Å². The monoisotopic (exact) mass is 420 g/mol. The molecule has 0 atom stereocenters. The van der Waals surface area contributed by atoms with Gasteiger partial charge in [-0.15, -0.1) is 0 Å². The zero-order valence-corrected chi connectivity index (χ0v) is 18.6. The Morgan fingerprint density at radius 3 is 2.19 bits per heavy atom. The molecule has 0 amide bonds. The average molecular weight is 421 g/mol. The number of nitrogens with one attached hydrogen (secondary N) is 1. The van der Waals surface area contributed by atoms with Gasteiger partial charge in [-0.05, 0) is 55.1 Å². The van der Waals surface area contributed by atoms with Gasteiger partial charge in [-0.25, -0.2) is 0 Å². The molecule has 0 unspecified atom stereocenters. The normalized spacial score (nSPS) is 10.7. The van der Waals surface area contributed by atoms with E-state index >= 15 is 0 Å². The summed E-state index contributed by atoms with van der Waals surface area (Å²) >= 11 is 0. The topological polar surface area (TPSA) is 43.0 Å². The number of likely N-dealkylation sites (N-methyl/N-ethyl adjacent to an activating group) is 1. The van der Waals surface area contributed by atoms with Crippen molar-refractivity contribution in [2.45, 2.75) is 20.4 Å². The molecule has 0 fully saturated rings. The van der Waals surface area contributed by atoms with Crippen LogP contribution in [0, 0.1) is 0 Å². The van der Waals surface area contributed by atoms with Crippen molar-refractivity contribution in [1.82, 2.24) is 4.90 Å². The predicted molar refractivity (Wildman–Crippen MR) is 127 cm³/mol. The molecule has 0 aromatic heterocycles. The van der Waals surface area contributed by atoms with Crippen molar-refractivity contribution in [2.75, 3.05) is 38.7 Å². The van der Waals surface area contributed by atoms with Gasteiger partial charge in [0.05, 0.1) is 7.11 Å². The molecule has 0 aliphatic carbocycles. The number of hydrogen-bond acceptors (Lipinski definition) is 5. The second-order valence-electron chi connectivity index (χ2n) is 7.15. The summed E-state index contributed by atoms with van der Waals surface area (Å²) in [4.78, 5) is 2.33. The Morgan fingerprint density at radius 1 is 0.806 bits per heavy atom. The maximum absolute atomic E-state index is 6.00. The molecule has 31 heavy (non-hydrogen) atoms. The van der Waals surface area contributed by atoms with Crippen molar-refractivity contribution in [3.8, 4) is 23.0 Å². The lowest BCUT2D eigenvalue weighted by molar-refractivity contribution is 0.217. The van der Waals surface area contributed by atoms with Crippen molar-refractivity contribution < 1.29 is 14.2 Å². The molecule has 5 heteroatoms. The van der Waals surface area contributed by atoms with Crippen molar-refractivity contribution in [3.05, 3.63) is 78.4 Å². The minimum absolute atomic E-state index is 0.629. The maximum Gasteiger partial charge on any atom is 0.163 e. The molecule has 0 saturated heterocycles. The fourth-order valence-corrected chi connectivity index (χ4v) is 3.23. The smallest absolute Gasteiger partial charge is 0.163 e. The highest BCUT2D eigenvalue weighted by Crippen LogP contribution is 2.30. The third kappa shape index (κ3) is 6.93. The van der Waals surface area contributed by atoms with Crippen LogP contribution in [0.5, 0.6) is 23.0 Å². The van der Waals surface area contributed by atoms with E-state index in [4.69, 9.17) is 14.2 Å². The zero-order chi connectivity index (χ0) is 21.9. The van der Waals surface area contributed by atoms with E-state index in [-0.39, 0.29) is 0 Å². The lowest BCUT2D eigenvalue weighted by Gasteiger charge is -2.19. The average Bonchev–Trinajstić information content (AvgIpc) is 2.82. The van der Waals surface area contributed by atoms with E-state index in [1.54, 1.807) is 7.11 Å². The van der Waals surface area contributed by atoms with E-state index in [2.05, 4.69) is 36.2 Å². The first-order valence-corrected chi connectivity index (χ1v) is 10.8. The fraction of sp³-hybridized carbons (Fsp3) is 0.308. The van der Waals surface area contributed by atoms with Crippen LogP contribution in [0.4, 0.5) is 5.69 Å². The van der Waals surface area contributed by atoms with E-state index in [0.29, 0.717) is 13.2 Å². The zero-order valence-electron chi connectivity index (χ0n) is 18.6. The van der Waals surface area contributed by atoms with Crippen molar-refractivity contribution in [2.24, 2.45) is 0 Å². The number of nitrogens with zero attached hydrogens (tertiary/aromatic N) is 1. The van der Waals surface area contributed by atoms with Crippen LogP contribution in [0.25, 0.3) is 0 Å². The van der Waals surface area contributed by atoms with Crippen molar-refractivity contribution in [1.29, 1.82) is 0 Å². The molecule has 3 rings (SSSR count). The number of benzene rings is 3. The quantitative estimate of drug-likeness (QED) is 0.400. The number of para-hydroxylation sites is 1. The minimum Gasteiger partial charge on any atom is -0.493 e. The van der Waals surface area contributed by atoms with Crippen molar-refractivity contribution >= 4 is 5.69 Å². The van der Waals surface area contributed by atoms with Crippen molar-refractivity contribution in [3.63, 3.8) is 0 Å². The highest BCUT2D eigenvalue weighted by Gasteiger charge is 2.07. The van der Waals surface area contributed by atoms with Gasteiger partial charge in [0, 0.05) is 24.8 Å². The summed E-state index contributed by atoms with van der Waals surface area (Å²) in [6, 6.07) is 23.8. The van der Waals surface area contributed by atoms with Crippen LogP contribution in [0.15, 0.2) is 72.8 Å². The summed E-state index contributed by atoms with van der Waals surface area (Å²) in [6.45, 7) is 8.60. The van der Waals surface area contributed by atoms with Gasteiger partial charge in [0.25, 0.3) is 0 Å². The molecule has 0 aliphatic rings. The maximum atomic E-state index is 6.00. The Morgan fingerprint density at radius 2 is 1.52 bits per heavy atom. The van der Waals surface area contributed by atoms with Crippen LogP contribution in [-0.2, 0) is 6.54 Å². The highest BCUT2D eigenvalue weighted by atomic mass is 16.5. The molecule has 0 spiro atoms. The third-order valence-electron chi connectivity index (χ3n) is 5.12. The summed E-state index contributed by atoms with van der Waals surface area (Å²) in [7, 11) is 1.67. The van der Waals surface area contributed by atoms with E-state index in [0.717, 1.165) is 48.3 Å². The van der Waals surface area contributed by atoms with Gasteiger partial charge in [-0.2, -0.15) is 0 Å². The first kappa shape index (κ1) is 22.5. The third-order valence-corrected chi connectivity index (χ3v) is 5.12. The first-order valence-electron chi connectivity index (χ1n) is 10.8. The highest BCUT2D eigenvalue weighted by molar-refractivity contribution is 5.55. The van der Waals surface area contributed by atoms with Crippen LogP contribution in [-0.4, -0.2) is 38.3 Å². The number of rotatable bonds is 12. The van der Waals surface area contributed by atoms with Crippen LogP contribution in [0.2, 0.25) is 0 Å². The van der Waals surface area contributed by atoms with Gasteiger partial charge in [-0.3, -0.25) is 0 Å². The number of anilines is 1. The Labute approximate surface area is 185 Å². The Hall–Kier alpha value is -3.18. The van der Waals surface area contributed by atoms with E-state index in [1.807, 2.05) is 60.7 Å². The van der Waals surface area contributed by atoms with Gasteiger partial charge >= 0.3 is 0 Å². The Bertz CT molecular complexity index is 910. The predicted octanol–water partition coefficient (Wildman–Crippen LogP) is 5.82. The standard InChI is InChI=1S/C26H32N2O3/c1-4-28(5-2)17-18-30-26-19-22(13-16-25(26)29-3)27-20-21-11-14-24(15-12-21)31-23-9-7-6-8-10-23/h6-16,19,27H,4-5,17-18,20H2,1-3H3. The van der Waals surface area contributed by atoms with E-state index in [9.17, 15) is 0 Å². The SMILES string of the molecule is CCN(CC)CCOc1cc(NCc2ccc(Oc3ccccc3)cc2)ccc1OC. The van der Waals surface area contributed by atoms with Crippen LogP contribution < -0.4 is 19.5 Å². The largest absolute Gasteiger partial charge is 0.493 e. The molecular formula is C26H32N2O3. The summed E-state index contributed by atoms with van der Waals surface area (Å²) in [5.74, 6) is 3.15. The first-order chi connectivity index (χ1) is 15.2.